The predicted molar refractivity (Wildman–Crippen MR) is 205 cm³/mol. The van der Waals surface area contributed by atoms with E-state index in [9.17, 15) is 4.79 Å². The van der Waals surface area contributed by atoms with Gasteiger partial charge in [-0.05, 0) is 97.4 Å². The van der Waals surface area contributed by atoms with Gasteiger partial charge in [0.2, 0.25) is 5.91 Å². The Hall–Kier alpha value is -5.05. The lowest BCUT2D eigenvalue weighted by Crippen LogP contribution is -2.43. The normalized spacial score (nSPS) is 19.7. The second-order valence-electron chi connectivity index (χ2n) is 14.3. The van der Waals surface area contributed by atoms with Crippen molar-refractivity contribution in [1.29, 1.82) is 0 Å². The van der Waals surface area contributed by atoms with E-state index in [0.717, 1.165) is 90.7 Å². The lowest BCUT2D eigenvalue weighted by atomic mass is 9.98. The first-order chi connectivity index (χ1) is 24.9. The van der Waals surface area contributed by atoms with Gasteiger partial charge in [0.15, 0.2) is 0 Å². The molecule has 4 aromatic carbocycles. The van der Waals surface area contributed by atoms with Crippen molar-refractivity contribution in [3.05, 3.63) is 121 Å². The predicted octanol–water partition coefficient (Wildman–Crippen LogP) is 8.63. The van der Waals surface area contributed by atoms with Crippen LogP contribution in [0.3, 0.4) is 0 Å². The lowest BCUT2D eigenvalue weighted by Gasteiger charge is -2.34. The van der Waals surface area contributed by atoms with Gasteiger partial charge in [-0.25, -0.2) is 9.97 Å². The molecule has 4 heterocycles. The fourth-order valence-corrected chi connectivity index (χ4v) is 8.14. The highest BCUT2D eigenvalue weighted by molar-refractivity contribution is 5.90. The number of carbonyl (C=O) groups is 1. The Morgan fingerprint density at radius 1 is 0.824 bits per heavy atom. The van der Waals surface area contributed by atoms with E-state index in [-0.39, 0.29) is 23.5 Å². The molecule has 3 N–H and O–H groups in total. The Morgan fingerprint density at radius 3 is 2.22 bits per heavy atom. The monoisotopic (exact) mass is 677 g/mol. The third-order valence-corrected chi connectivity index (χ3v) is 11.1. The molecular weight excluding hydrogens is 631 g/mol. The van der Waals surface area contributed by atoms with Crippen molar-refractivity contribution in [2.24, 2.45) is 0 Å². The number of likely N-dealkylation sites (N-methyl/N-ethyl adjacent to an activating group) is 1. The molecular formula is C43H47N7O. The van der Waals surface area contributed by atoms with Crippen LogP contribution < -0.4 is 5.32 Å². The smallest absolute Gasteiger partial charge is 0.245 e. The molecule has 2 aliphatic rings. The van der Waals surface area contributed by atoms with Gasteiger partial charge in [-0.15, -0.1) is 0 Å². The zero-order valence-electron chi connectivity index (χ0n) is 29.8. The first-order valence-corrected chi connectivity index (χ1v) is 18.5. The Morgan fingerprint density at radius 2 is 1.49 bits per heavy atom. The number of aromatic nitrogens is 4. The van der Waals surface area contributed by atoms with Crippen molar-refractivity contribution in [3.8, 4) is 33.6 Å². The fourth-order valence-electron chi connectivity index (χ4n) is 8.14. The molecule has 2 aromatic heterocycles. The molecule has 2 fully saturated rings. The maximum absolute atomic E-state index is 14.2. The number of fused-ring (bicyclic) bond motifs is 1. The molecule has 8 rings (SSSR count). The summed E-state index contributed by atoms with van der Waals surface area (Å²) in [6.07, 6.45) is 8.01. The number of hydrogen-bond donors (Lipinski definition) is 3. The van der Waals surface area contributed by atoms with E-state index in [0.29, 0.717) is 0 Å². The molecule has 0 unspecified atom stereocenters. The summed E-state index contributed by atoms with van der Waals surface area (Å²) in [4.78, 5) is 35.2. The van der Waals surface area contributed by atoms with Crippen molar-refractivity contribution in [3.63, 3.8) is 0 Å². The molecule has 1 amide bonds. The third kappa shape index (κ3) is 6.39. The number of nitrogens with zero attached hydrogens (tertiary/aromatic N) is 4. The Balaban J connectivity index is 0.980. The topological polar surface area (TPSA) is 92.9 Å². The number of likely N-dealkylation sites (tertiary alicyclic amines) is 1. The molecule has 0 aliphatic carbocycles. The molecule has 0 saturated carbocycles. The van der Waals surface area contributed by atoms with Gasteiger partial charge >= 0.3 is 0 Å². The summed E-state index contributed by atoms with van der Waals surface area (Å²) in [7, 11) is 0. The molecule has 0 radical (unpaired) electrons. The summed E-state index contributed by atoms with van der Waals surface area (Å²) in [5.41, 5.74) is 7.54. The quantitative estimate of drug-likeness (QED) is 0.135. The van der Waals surface area contributed by atoms with Crippen molar-refractivity contribution in [1.82, 2.24) is 35.1 Å². The van der Waals surface area contributed by atoms with E-state index < -0.39 is 0 Å². The van der Waals surface area contributed by atoms with Crippen LogP contribution >= 0.6 is 0 Å². The van der Waals surface area contributed by atoms with Gasteiger partial charge < -0.3 is 20.2 Å². The molecule has 2 aliphatic heterocycles. The van der Waals surface area contributed by atoms with Crippen LogP contribution in [0.4, 0.5) is 0 Å². The average Bonchev–Trinajstić information content (AvgIpc) is 4.01. The molecule has 0 bridgehead atoms. The number of hydrogen-bond acceptors (Lipinski definition) is 5. The number of H-pyrrole nitrogens is 2. The van der Waals surface area contributed by atoms with Crippen molar-refractivity contribution >= 4 is 16.7 Å². The van der Waals surface area contributed by atoms with Crippen LogP contribution in [0.1, 0.15) is 75.8 Å². The van der Waals surface area contributed by atoms with Crippen LogP contribution in [0, 0.1) is 0 Å². The van der Waals surface area contributed by atoms with Gasteiger partial charge in [-0.2, -0.15) is 0 Å². The minimum atomic E-state index is -0.298. The fraction of sp³-hybridized carbons (Fsp3) is 0.326. The second kappa shape index (κ2) is 13.9. The maximum Gasteiger partial charge on any atom is 0.245 e. The summed E-state index contributed by atoms with van der Waals surface area (Å²) < 4.78 is 0. The molecule has 2 saturated heterocycles. The van der Waals surface area contributed by atoms with Gasteiger partial charge in [-0.3, -0.25) is 9.69 Å². The van der Waals surface area contributed by atoms with Crippen molar-refractivity contribution in [2.45, 2.75) is 64.1 Å². The standard InChI is InChI=1S/C43H47N7O/c1-4-49(5-2)39(31-11-7-6-8-12-31)41(51)50-24-9-13-38(50)40-44-27-36(47-40)30-16-14-29(15-17-30)32-18-19-34-26-35(21-20-33(34)25-32)37-28-45-42(48-37)43(3)22-10-23-46-43/h6-8,11-12,14-21,25-28,38-39,46H,4-5,9-10,13,22-24H2,1-3H3,(H,44,47)(H,45,48)/t38-,39+,43-/m0/s1. The number of amides is 1. The molecule has 8 nitrogen and oxygen atoms in total. The van der Waals surface area contributed by atoms with Gasteiger partial charge in [0.05, 0.1) is 35.4 Å². The van der Waals surface area contributed by atoms with E-state index in [2.05, 4.69) is 114 Å². The van der Waals surface area contributed by atoms with E-state index in [1.54, 1.807) is 0 Å². The molecule has 6 aromatic rings. The summed E-state index contributed by atoms with van der Waals surface area (Å²) in [6.45, 7) is 9.88. The van der Waals surface area contributed by atoms with E-state index >= 15 is 0 Å². The zero-order chi connectivity index (χ0) is 35.0. The first-order valence-electron chi connectivity index (χ1n) is 18.5. The van der Waals surface area contributed by atoms with Crippen LogP contribution in [0.5, 0.6) is 0 Å². The highest BCUT2D eigenvalue weighted by atomic mass is 16.2. The highest BCUT2D eigenvalue weighted by Gasteiger charge is 2.38. The van der Waals surface area contributed by atoms with E-state index in [4.69, 9.17) is 9.97 Å². The number of benzene rings is 4. The average molecular weight is 678 g/mol. The van der Waals surface area contributed by atoms with Crippen LogP contribution in [0.15, 0.2) is 103 Å². The van der Waals surface area contributed by atoms with Gasteiger partial charge in [0, 0.05) is 12.1 Å². The summed E-state index contributed by atoms with van der Waals surface area (Å²) in [5.74, 6) is 2.03. The largest absolute Gasteiger partial charge is 0.340 e. The lowest BCUT2D eigenvalue weighted by molar-refractivity contribution is -0.138. The third-order valence-electron chi connectivity index (χ3n) is 11.1. The van der Waals surface area contributed by atoms with Crippen LogP contribution in [0.25, 0.3) is 44.4 Å². The Bertz CT molecular complexity index is 2120. The molecule has 260 valence electrons. The van der Waals surface area contributed by atoms with E-state index in [1.807, 2.05) is 35.5 Å². The number of rotatable bonds is 10. The summed E-state index contributed by atoms with van der Waals surface area (Å²) in [5, 5.41) is 6.00. The molecule has 8 heteroatoms. The minimum Gasteiger partial charge on any atom is -0.340 e. The van der Waals surface area contributed by atoms with Gasteiger partial charge in [0.25, 0.3) is 0 Å². The molecule has 0 spiro atoms. The van der Waals surface area contributed by atoms with Crippen LogP contribution in [0.2, 0.25) is 0 Å². The minimum absolute atomic E-state index is 0.0617. The molecule has 51 heavy (non-hydrogen) atoms. The van der Waals surface area contributed by atoms with Gasteiger partial charge in [0.1, 0.15) is 17.7 Å². The van der Waals surface area contributed by atoms with Crippen molar-refractivity contribution < 1.29 is 4.79 Å². The summed E-state index contributed by atoms with van der Waals surface area (Å²) in [6, 6.07) is 31.8. The number of nitrogens with one attached hydrogen (secondary N) is 3. The van der Waals surface area contributed by atoms with Crippen molar-refractivity contribution in [2.75, 3.05) is 26.2 Å². The highest BCUT2D eigenvalue weighted by Crippen LogP contribution is 2.36. The zero-order valence-corrected chi connectivity index (χ0v) is 29.8. The second-order valence-corrected chi connectivity index (χ2v) is 14.3. The number of carbonyl (C=O) groups excluding carboxylic acids is 1. The maximum atomic E-state index is 14.2. The Kier molecular flexibility index (Phi) is 9.04. The number of imidazole rings is 2. The SMILES string of the molecule is CCN(CC)[C@@H](C(=O)N1CCC[C@H]1c1ncc(-c2ccc(-c3ccc4cc(-c5cnc([C@]6(C)CCCN6)[nH]5)ccc4c3)cc2)[nH]1)c1ccccc1. The van der Waals surface area contributed by atoms with E-state index in [1.165, 1.54) is 22.8 Å². The Labute approximate surface area is 300 Å². The van der Waals surface area contributed by atoms with Crippen LogP contribution in [-0.4, -0.2) is 61.8 Å². The molecule has 3 atom stereocenters. The van der Waals surface area contributed by atoms with Gasteiger partial charge in [-0.1, -0.05) is 92.7 Å². The first kappa shape index (κ1) is 33.1. The van der Waals surface area contributed by atoms with Crippen LogP contribution in [-0.2, 0) is 10.3 Å². The summed E-state index contributed by atoms with van der Waals surface area (Å²) >= 11 is 0. The number of aromatic amines is 2.